The third-order valence-electron chi connectivity index (χ3n) is 4.87. The van der Waals surface area contributed by atoms with Gasteiger partial charge in [-0.1, -0.05) is 51.1 Å². The molecular formula is C22H30N4. The molecule has 0 saturated carbocycles. The van der Waals surface area contributed by atoms with Gasteiger partial charge in [0.05, 0.1) is 11.4 Å². The molecule has 0 atom stereocenters. The molecule has 26 heavy (non-hydrogen) atoms. The first-order chi connectivity index (χ1) is 12.8. The molecule has 2 N–H and O–H groups in total. The molecule has 1 fully saturated rings. The van der Waals surface area contributed by atoms with E-state index in [-0.39, 0.29) is 0 Å². The normalized spacial score (nSPS) is 15.8. The van der Waals surface area contributed by atoms with Gasteiger partial charge in [-0.25, -0.2) is 4.98 Å². The van der Waals surface area contributed by atoms with Crippen molar-refractivity contribution in [3.63, 3.8) is 0 Å². The second-order valence-electron chi connectivity index (χ2n) is 6.57. The van der Waals surface area contributed by atoms with E-state index < -0.39 is 0 Å². The molecule has 1 aromatic heterocycles. The summed E-state index contributed by atoms with van der Waals surface area (Å²) in [6, 6.07) is 12.4. The largest absolute Gasteiger partial charge is 0.369 e. The summed E-state index contributed by atoms with van der Waals surface area (Å²) in [5.74, 6) is 0.940. The van der Waals surface area contributed by atoms with Crippen molar-refractivity contribution in [1.82, 2.24) is 9.88 Å². The van der Waals surface area contributed by atoms with Crippen LogP contribution in [0.5, 0.6) is 0 Å². The Bertz CT molecular complexity index is 748. The average Bonchev–Trinajstić information content (AvgIpc) is 2.71. The van der Waals surface area contributed by atoms with Gasteiger partial charge in [0.25, 0.3) is 0 Å². The Morgan fingerprint density at radius 2 is 1.77 bits per heavy atom. The first-order valence-electron chi connectivity index (χ1n) is 9.84. The summed E-state index contributed by atoms with van der Waals surface area (Å²) in [5.41, 5.74) is 5.24. The number of hydrogen-bond acceptors (Lipinski definition) is 4. The van der Waals surface area contributed by atoms with E-state index in [1.165, 1.54) is 32.4 Å². The monoisotopic (exact) mass is 350 g/mol. The molecule has 1 saturated heterocycles. The fraction of sp³-hybridized carbons (Fsp3) is 0.409. The lowest BCUT2D eigenvalue weighted by molar-refractivity contribution is 0.237. The number of benzene rings is 1. The highest BCUT2D eigenvalue weighted by Crippen LogP contribution is 2.38. The number of rotatable bonds is 4. The van der Waals surface area contributed by atoms with Crippen LogP contribution in [-0.2, 0) is 0 Å². The van der Waals surface area contributed by atoms with Crippen LogP contribution in [0, 0.1) is 0 Å². The minimum atomic E-state index is 0.936. The third kappa shape index (κ3) is 4.07. The van der Waals surface area contributed by atoms with Crippen molar-refractivity contribution >= 4 is 17.2 Å². The van der Waals surface area contributed by atoms with Crippen LogP contribution in [0.2, 0.25) is 0 Å². The molecule has 4 rings (SSSR count). The number of anilines is 2. The van der Waals surface area contributed by atoms with E-state index in [2.05, 4.69) is 46.4 Å². The Labute approximate surface area is 157 Å². The van der Waals surface area contributed by atoms with Crippen molar-refractivity contribution in [3.8, 4) is 11.3 Å². The molecule has 2 aliphatic heterocycles. The van der Waals surface area contributed by atoms with Gasteiger partial charge < -0.3 is 15.5 Å². The first kappa shape index (κ1) is 18.5. The Hall–Kier alpha value is -2.33. The Balaban J connectivity index is 0.000000948. The molecule has 2 aliphatic rings. The average molecular weight is 351 g/mol. The number of nitrogens with zero attached hydrogens (tertiary/aromatic N) is 2. The summed E-state index contributed by atoms with van der Waals surface area (Å²) in [6.45, 7) is 12.6. The third-order valence-corrected chi connectivity index (χ3v) is 4.87. The summed E-state index contributed by atoms with van der Waals surface area (Å²) >= 11 is 0. The van der Waals surface area contributed by atoms with E-state index in [0.717, 1.165) is 47.1 Å². The zero-order valence-electron chi connectivity index (χ0n) is 16.0. The lowest BCUT2D eigenvalue weighted by atomic mass is 9.97. The quantitative estimate of drug-likeness (QED) is 0.808. The molecule has 0 bridgehead atoms. The van der Waals surface area contributed by atoms with Gasteiger partial charge in [-0.05, 0) is 38.1 Å². The number of piperidine rings is 1. The predicted molar refractivity (Wildman–Crippen MR) is 112 cm³/mol. The van der Waals surface area contributed by atoms with Crippen LogP contribution in [0.4, 0.5) is 11.5 Å². The van der Waals surface area contributed by atoms with Gasteiger partial charge in [0.2, 0.25) is 0 Å². The van der Waals surface area contributed by atoms with Gasteiger partial charge in [0.1, 0.15) is 5.82 Å². The van der Waals surface area contributed by atoms with E-state index in [1.807, 2.05) is 26.0 Å². The standard InChI is InChI=1S/C20H24N4.C2H6/c1-15-16-7-3-4-8-17(16)20-18(22-15)9-10-19(23-20)21-11-14-24-12-5-2-6-13-24;1-2/h3-4,7-10,22H,1-2,5-6,11-14H2,(H,21,23);1-2H3. The minimum Gasteiger partial charge on any atom is -0.369 e. The molecule has 2 aromatic rings. The van der Waals surface area contributed by atoms with Gasteiger partial charge >= 0.3 is 0 Å². The van der Waals surface area contributed by atoms with Crippen LogP contribution in [-0.4, -0.2) is 36.1 Å². The maximum Gasteiger partial charge on any atom is 0.126 e. The van der Waals surface area contributed by atoms with Crippen LogP contribution >= 0.6 is 0 Å². The number of nitrogens with one attached hydrogen (secondary N) is 2. The van der Waals surface area contributed by atoms with E-state index in [0.29, 0.717) is 0 Å². The lowest BCUT2D eigenvalue weighted by Crippen LogP contribution is -2.33. The molecule has 3 heterocycles. The van der Waals surface area contributed by atoms with Crippen molar-refractivity contribution in [3.05, 3.63) is 48.5 Å². The maximum atomic E-state index is 4.84. The fourth-order valence-electron chi connectivity index (χ4n) is 3.57. The second kappa shape index (κ2) is 8.86. The zero-order chi connectivity index (χ0) is 18.4. The molecule has 0 spiro atoms. The Morgan fingerprint density at radius 3 is 2.54 bits per heavy atom. The molecule has 0 aliphatic carbocycles. The van der Waals surface area contributed by atoms with Crippen LogP contribution in [0.3, 0.4) is 0 Å². The van der Waals surface area contributed by atoms with Crippen LogP contribution in [0.1, 0.15) is 38.7 Å². The fourth-order valence-corrected chi connectivity index (χ4v) is 3.57. The number of fused-ring (bicyclic) bond motifs is 3. The van der Waals surface area contributed by atoms with E-state index in [4.69, 9.17) is 4.98 Å². The smallest absolute Gasteiger partial charge is 0.126 e. The van der Waals surface area contributed by atoms with Crippen molar-refractivity contribution in [1.29, 1.82) is 0 Å². The molecule has 0 unspecified atom stereocenters. The van der Waals surface area contributed by atoms with Crippen molar-refractivity contribution < 1.29 is 0 Å². The van der Waals surface area contributed by atoms with E-state index >= 15 is 0 Å². The van der Waals surface area contributed by atoms with E-state index in [9.17, 15) is 0 Å². The molecule has 4 nitrogen and oxygen atoms in total. The van der Waals surface area contributed by atoms with Gasteiger partial charge in [-0.3, -0.25) is 0 Å². The van der Waals surface area contributed by atoms with Crippen LogP contribution in [0.15, 0.2) is 43.0 Å². The van der Waals surface area contributed by atoms with Gasteiger partial charge in [-0.15, -0.1) is 0 Å². The van der Waals surface area contributed by atoms with Crippen molar-refractivity contribution in [2.45, 2.75) is 33.1 Å². The molecule has 138 valence electrons. The van der Waals surface area contributed by atoms with Crippen LogP contribution < -0.4 is 10.6 Å². The molecule has 0 radical (unpaired) electrons. The van der Waals surface area contributed by atoms with E-state index in [1.54, 1.807) is 0 Å². The van der Waals surface area contributed by atoms with Gasteiger partial charge in [-0.2, -0.15) is 0 Å². The molecule has 0 amide bonds. The molecule has 1 aromatic carbocycles. The van der Waals surface area contributed by atoms with Crippen LogP contribution in [0.25, 0.3) is 17.0 Å². The van der Waals surface area contributed by atoms with Crippen molar-refractivity contribution in [2.24, 2.45) is 0 Å². The SMILES string of the molecule is C=C1Nc2ccc(NCCN3CCCCC3)nc2-c2ccccc21.CC. The second-order valence-corrected chi connectivity index (χ2v) is 6.57. The first-order valence-corrected chi connectivity index (χ1v) is 9.84. The Morgan fingerprint density at radius 1 is 1.04 bits per heavy atom. The predicted octanol–water partition coefficient (Wildman–Crippen LogP) is 5.07. The maximum absolute atomic E-state index is 4.84. The lowest BCUT2D eigenvalue weighted by Gasteiger charge is -2.26. The number of hydrogen-bond donors (Lipinski definition) is 2. The Kier molecular flexibility index (Phi) is 6.29. The summed E-state index contributed by atoms with van der Waals surface area (Å²) in [6.07, 6.45) is 4.06. The summed E-state index contributed by atoms with van der Waals surface area (Å²) in [5, 5.41) is 6.84. The minimum absolute atomic E-state index is 0.936. The topological polar surface area (TPSA) is 40.2 Å². The number of aromatic nitrogens is 1. The highest BCUT2D eigenvalue weighted by molar-refractivity contribution is 5.95. The zero-order valence-corrected chi connectivity index (χ0v) is 16.0. The number of likely N-dealkylation sites (tertiary alicyclic amines) is 1. The molecule has 4 heteroatoms. The summed E-state index contributed by atoms with van der Waals surface area (Å²) < 4.78 is 0. The van der Waals surface area contributed by atoms with Gasteiger partial charge in [0, 0.05) is 29.9 Å². The highest BCUT2D eigenvalue weighted by atomic mass is 15.1. The summed E-state index contributed by atoms with van der Waals surface area (Å²) in [7, 11) is 0. The van der Waals surface area contributed by atoms with Gasteiger partial charge in [0.15, 0.2) is 0 Å². The number of pyridine rings is 1. The molecular weight excluding hydrogens is 320 g/mol. The highest BCUT2D eigenvalue weighted by Gasteiger charge is 2.19. The summed E-state index contributed by atoms with van der Waals surface area (Å²) in [4.78, 5) is 7.38. The van der Waals surface area contributed by atoms with Crippen molar-refractivity contribution in [2.75, 3.05) is 36.8 Å².